The van der Waals surface area contributed by atoms with Crippen LogP contribution in [0.5, 0.6) is 0 Å². The van der Waals surface area contributed by atoms with Gasteiger partial charge in [0.1, 0.15) is 0 Å². The fourth-order valence-corrected chi connectivity index (χ4v) is 2.28. The Hall–Kier alpha value is -0.530. The molecule has 1 N–H and O–H groups in total. The predicted octanol–water partition coefficient (Wildman–Crippen LogP) is 5.21. The summed E-state index contributed by atoms with van der Waals surface area (Å²) in [5.74, 6) is 0.805. The number of hydrogen-bond acceptors (Lipinski definition) is 1. The van der Waals surface area contributed by atoms with Gasteiger partial charge in [0.05, 0.1) is 0 Å². The van der Waals surface area contributed by atoms with Crippen LogP contribution in [0.4, 0.5) is 0 Å². The number of nitrogens with one attached hydrogen (secondary N) is 1. The van der Waals surface area contributed by atoms with Crippen LogP contribution in [0.2, 0.25) is 5.02 Å². The summed E-state index contributed by atoms with van der Waals surface area (Å²) in [5, 5.41) is 4.44. The lowest BCUT2D eigenvalue weighted by molar-refractivity contribution is 0.398. The van der Waals surface area contributed by atoms with Gasteiger partial charge in [-0.3, -0.25) is 0 Å². The van der Waals surface area contributed by atoms with Gasteiger partial charge in [-0.05, 0) is 43.5 Å². The number of halogens is 1. The summed E-state index contributed by atoms with van der Waals surface area (Å²) in [7, 11) is 0. The molecule has 0 heterocycles. The molecule has 0 spiro atoms. The van der Waals surface area contributed by atoms with Crippen molar-refractivity contribution in [3.8, 4) is 0 Å². The van der Waals surface area contributed by atoms with Gasteiger partial charge in [0.25, 0.3) is 0 Å². The maximum Gasteiger partial charge on any atom is 0.0406 e. The van der Waals surface area contributed by atoms with Crippen LogP contribution >= 0.6 is 11.6 Å². The lowest BCUT2D eigenvalue weighted by Crippen LogP contribution is -2.25. The second-order valence-electron chi connectivity index (χ2n) is 5.10. The fourth-order valence-electron chi connectivity index (χ4n) is 2.16. The summed E-state index contributed by atoms with van der Waals surface area (Å²) < 4.78 is 0. The van der Waals surface area contributed by atoms with Gasteiger partial charge in [0, 0.05) is 11.1 Å². The highest BCUT2D eigenvalue weighted by Crippen LogP contribution is 2.17. The van der Waals surface area contributed by atoms with Crippen molar-refractivity contribution in [2.24, 2.45) is 5.92 Å². The zero-order valence-electron chi connectivity index (χ0n) is 11.9. The molecule has 0 saturated heterocycles. The van der Waals surface area contributed by atoms with E-state index in [1.165, 1.54) is 31.2 Å². The van der Waals surface area contributed by atoms with Crippen LogP contribution in [0.3, 0.4) is 0 Å². The molecule has 0 aromatic heterocycles. The maximum absolute atomic E-state index is 5.90. The van der Waals surface area contributed by atoms with Crippen LogP contribution in [0.15, 0.2) is 24.3 Å². The standard InChI is InChI=1S/C16H26ClN/c1-4-6-7-14(5-2)12-18-13(3)15-8-10-16(17)11-9-15/h8-11,13-14,18H,4-7,12H2,1-3H3. The minimum absolute atomic E-state index is 0.401. The molecule has 102 valence electrons. The SMILES string of the molecule is CCCCC(CC)CNC(C)c1ccc(Cl)cc1. The Kier molecular flexibility index (Phi) is 7.38. The van der Waals surface area contributed by atoms with E-state index in [0.717, 1.165) is 17.5 Å². The largest absolute Gasteiger partial charge is 0.310 e. The first-order chi connectivity index (χ1) is 8.67. The molecule has 2 unspecified atom stereocenters. The molecular formula is C16H26ClN. The normalized spacial score (nSPS) is 14.4. The van der Waals surface area contributed by atoms with Gasteiger partial charge in [0.15, 0.2) is 0 Å². The highest BCUT2D eigenvalue weighted by molar-refractivity contribution is 6.30. The number of unbranched alkanes of at least 4 members (excludes halogenated alkanes) is 1. The Morgan fingerprint density at radius 3 is 2.39 bits per heavy atom. The first-order valence-electron chi connectivity index (χ1n) is 7.16. The van der Waals surface area contributed by atoms with Crippen LogP contribution in [0, 0.1) is 5.92 Å². The predicted molar refractivity (Wildman–Crippen MR) is 81.2 cm³/mol. The lowest BCUT2D eigenvalue weighted by atomic mass is 9.98. The summed E-state index contributed by atoms with van der Waals surface area (Å²) in [6.07, 6.45) is 5.24. The third kappa shape index (κ3) is 5.41. The molecule has 0 radical (unpaired) electrons. The van der Waals surface area contributed by atoms with Crippen LogP contribution < -0.4 is 5.32 Å². The average Bonchev–Trinajstić information content (AvgIpc) is 2.39. The van der Waals surface area contributed by atoms with Gasteiger partial charge in [-0.1, -0.05) is 56.8 Å². The number of rotatable bonds is 8. The lowest BCUT2D eigenvalue weighted by Gasteiger charge is -2.20. The molecule has 1 nitrogen and oxygen atoms in total. The summed E-state index contributed by atoms with van der Waals surface area (Å²) >= 11 is 5.90. The van der Waals surface area contributed by atoms with E-state index in [2.05, 4.69) is 38.2 Å². The molecule has 0 aliphatic rings. The van der Waals surface area contributed by atoms with Crippen molar-refractivity contribution in [2.45, 2.75) is 52.5 Å². The molecule has 0 fully saturated rings. The molecule has 0 aliphatic carbocycles. The Morgan fingerprint density at radius 1 is 1.17 bits per heavy atom. The summed E-state index contributed by atoms with van der Waals surface area (Å²) in [4.78, 5) is 0. The molecule has 2 atom stereocenters. The van der Waals surface area contributed by atoms with E-state index in [1.807, 2.05) is 12.1 Å². The molecule has 1 aromatic carbocycles. The van der Waals surface area contributed by atoms with E-state index in [4.69, 9.17) is 11.6 Å². The molecule has 0 aliphatic heterocycles. The highest BCUT2D eigenvalue weighted by atomic mass is 35.5. The van der Waals surface area contributed by atoms with Crippen molar-refractivity contribution in [3.05, 3.63) is 34.9 Å². The molecular weight excluding hydrogens is 242 g/mol. The van der Waals surface area contributed by atoms with Crippen molar-refractivity contribution < 1.29 is 0 Å². The van der Waals surface area contributed by atoms with E-state index >= 15 is 0 Å². The van der Waals surface area contributed by atoms with Crippen LogP contribution in [-0.2, 0) is 0 Å². The first kappa shape index (κ1) is 15.5. The van der Waals surface area contributed by atoms with E-state index in [-0.39, 0.29) is 0 Å². The summed E-state index contributed by atoms with van der Waals surface area (Å²) in [5.41, 5.74) is 1.31. The van der Waals surface area contributed by atoms with Gasteiger partial charge in [-0.2, -0.15) is 0 Å². The maximum atomic E-state index is 5.90. The van der Waals surface area contributed by atoms with Crippen molar-refractivity contribution in [1.82, 2.24) is 5.32 Å². The summed E-state index contributed by atoms with van der Waals surface area (Å²) in [6, 6.07) is 8.53. The third-order valence-electron chi connectivity index (χ3n) is 3.63. The summed E-state index contributed by atoms with van der Waals surface area (Å²) in [6.45, 7) is 7.88. The zero-order valence-corrected chi connectivity index (χ0v) is 12.6. The molecule has 2 heteroatoms. The van der Waals surface area contributed by atoms with Gasteiger partial charge in [0.2, 0.25) is 0 Å². The molecule has 1 rings (SSSR count). The van der Waals surface area contributed by atoms with Gasteiger partial charge < -0.3 is 5.32 Å². The van der Waals surface area contributed by atoms with Crippen molar-refractivity contribution in [3.63, 3.8) is 0 Å². The smallest absolute Gasteiger partial charge is 0.0406 e. The molecule has 0 saturated carbocycles. The van der Waals surface area contributed by atoms with Crippen molar-refractivity contribution in [2.75, 3.05) is 6.54 Å². The molecule has 0 amide bonds. The van der Waals surface area contributed by atoms with Gasteiger partial charge in [-0.25, -0.2) is 0 Å². The van der Waals surface area contributed by atoms with Crippen LogP contribution in [0.1, 0.15) is 58.1 Å². The Balaban J connectivity index is 2.39. The Morgan fingerprint density at radius 2 is 1.83 bits per heavy atom. The number of hydrogen-bond donors (Lipinski definition) is 1. The number of benzene rings is 1. The van der Waals surface area contributed by atoms with Crippen molar-refractivity contribution in [1.29, 1.82) is 0 Å². The van der Waals surface area contributed by atoms with E-state index < -0.39 is 0 Å². The topological polar surface area (TPSA) is 12.0 Å². The van der Waals surface area contributed by atoms with Gasteiger partial charge in [-0.15, -0.1) is 0 Å². The molecule has 1 aromatic rings. The van der Waals surface area contributed by atoms with E-state index in [0.29, 0.717) is 6.04 Å². The second-order valence-corrected chi connectivity index (χ2v) is 5.53. The van der Waals surface area contributed by atoms with E-state index in [1.54, 1.807) is 0 Å². The first-order valence-corrected chi connectivity index (χ1v) is 7.54. The minimum atomic E-state index is 0.401. The van der Waals surface area contributed by atoms with E-state index in [9.17, 15) is 0 Å². The second kappa shape index (κ2) is 8.55. The monoisotopic (exact) mass is 267 g/mol. The van der Waals surface area contributed by atoms with Crippen LogP contribution in [0.25, 0.3) is 0 Å². The quantitative estimate of drug-likeness (QED) is 0.682. The Bertz CT molecular complexity index is 320. The molecule has 18 heavy (non-hydrogen) atoms. The minimum Gasteiger partial charge on any atom is -0.310 e. The van der Waals surface area contributed by atoms with Gasteiger partial charge >= 0.3 is 0 Å². The third-order valence-corrected chi connectivity index (χ3v) is 3.88. The highest BCUT2D eigenvalue weighted by Gasteiger charge is 2.09. The fraction of sp³-hybridized carbons (Fsp3) is 0.625. The van der Waals surface area contributed by atoms with Crippen molar-refractivity contribution >= 4 is 11.6 Å². The average molecular weight is 268 g/mol. The van der Waals surface area contributed by atoms with Crippen LogP contribution in [-0.4, -0.2) is 6.54 Å². The Labute approximate surface area is 117 Å². The zero-order chi connectivity index (χ0) is 13.4. The molecule has 0 bridgehead atoms.